The van der Waals surface area contributed by atoms with Crippen LogP contribution in [0.2, 0.25) is 0 Å². The number of hydrogen-bond acceptors (Lipinski definition) is 4. The summed E-state index contributed by atoms with van der Waals surface area (Å²) in [4.78, 5) is 29.2. The van der Waals surface area contributed by atoms with Gasteiger partial charge in [0.05, 0.1) is 11.4 Å². The Kier molecular flexibility index (Phi) is 4.94. The molecule has 0 spiro atoms. The number of benzene rings is 1. The fourth-order valence-corrected chi connectivity index (χ4v) is 3.72. The van der Waals surface area contributed by atoms with Crippen LogP contribution in [-0.2, 0) is 0 Å². The molecule has 1 heterocycles. The normalized spacial score (nSPS) is 14.6. The highest BCUT2D eigenvalue weighted by molar-refractivity contribution is 7.13. The Labute approximate surface area is 145 Å². The molecular weight excluding hydrogens is 322 g/mol. The lowest BCUT2D eigenvalue weighted by Gasteiger charge is -2.14. The van der Waals surface area contributed by atoms with Gasteiger partial charge in [-0.15, -0.1) is 11.3 Å². The number of amides is 2. The maximum Gasteiger partial charge on any atom is 0.325 e. The molecular formula is C18H21N3O2S. The van der Waals surface area contributed by atoms with Gasteiger partial charge < -0.3 is 5.32 Å². The minimum atomic E-state index is -0.381. The molecule has 0 radical (unpaired) electrons. The number of carbonyl (C=O) groups excluding carboxylic acids is 2. The summed E-state index contributed by atoms with van der Waals surface area (Å²) in [5.74, 6) is 0.216. The number of aromatic nitrogens is 1. The SMILES string of the molecule is Cc1ccc(NC(=O)Nc2nc(C)cs2)c(C(=O)C2CCCC2)c1. The van der Waals surface area contributed by atoms with Crippen molar-refractivity contribution in [1.82, 2.24) is 4.98 Å². The van der Waals surface area contributed by atoms with E-state index >= 15 is 0 Å². The zero-order chi connectivity index (χ0) is 17.1. The molecule has 24 heavy (non-hydrogen) atoms. The lowest BCUT2D eigenvalue weighted by atomic mass is 9.94. The number of hydrogen-bond donors (Lipinski definition) is 2. The van der Waals surface area contributed by atoms with Crippen molar-refractivity contribution < 1.29 is 9.59 Å². The molecule has 6 heteroatoms. The first kappa shape index (κ1) is 16.6. The van der Waals surface area contributed by atoms with Crippen LogP contribution in [0.3, 0.4) is 0 Å². The fourth-order valence-electron chi connectivity index (χ4n) is 3.04. The molecule has 0 aliphatic heterocycles. The summed E-state index contributed by atoms with van der Waals surface area (Å²) in [5.41, 5.74) is 3.04. The number of rotatable bonds is 4. The van der Waals surface area contributed by atoms with E-state index in [0.717, 1.165) is 36.9 Å². The van der Waals surface area contributed by atoms with Gasteiger partial charge in [-0.25, -0.2) is 9.78 Å². The van der Waals surface area contributed by atoms with Crippen molar-refractivity contribution in [2.75, 3.05) is 10.6 Å². The van der Waals surface area contributed by atoms with E-state index in [9.17, 15) is 9.59 Å². The Hall–Kier alpha value is -2.21. The van der Waals surface area contributed by atoms with Crippen molar-refractivity contribution >= 4 is 34.0 Å². The zero-order valence-corrected chi connectivity index (χ0v) is 14.7. The average Bonchev–Trinajstić information content (AvgIpc) is 3.20. The number of anilines is 2. The average molecular weight is 343 g/mol. The molecule has 0 unspecified atom stereocenters. The van der Waals surface area contributed by atoms with Crippen molar-refractivity contribution in [2.45, 2.75) is 39.5 Å². The van der Waals surface area contributed by atoms with Gasteiger partial charge in [0.25, 0.3) is 0 Å². The highest BCUT2D eigenvalue weighted by Gasteiger charge is 2.26. The van der Waals surface area contributed by atoms with Crippen molar-refractivity contribution in [2.24, 2.45) is 5.92 Å². The number of Topliss-reactive ketones (excluding diaryl/α,β-unsaturated/α-hetero) is 1. The first-order chi connectivity index (χ1) is 11.5. The van der Waals surface area contributed by atoms with Crippen LogP contribution in [0.25, 0.3) is 0 Å². The molecule has 2 aromatic rings. The van der Waals surface area contributed by atoms with Crippen molar-refractivity contribution in [1.29, 1.82) is 0 Å². The van der Waals surface area contributed by atoms with E-state index < -0.39 is 0 Å². The second-order valence-corrected chi connectivity index (χ2v) is 7.13. The van der Waals surface area contributed by atoms with Crippen LogP contribution in [-0.4, -0.2) is 16.8 Å². The third-order valence-electron chi connectivity index (χ3n) is 4.25. The molecule has 1 aromatic carbocycles. The van der Waals surface area contributed by atoms with Gasteiger partial charge in [0.2, 0.25) is 0 Å². The molecule has 1 aliphatic rings. The maximum absolute atomic E-state index is 12.8. The summed E-state index contributed by atoms with van der Waals surface area (Å²) in [7, 11) is 0. The second-order valence-electron chi connectivity index (χ2n) is 6.27. The smallest absolute Gasteiger partial charge is 0.307 e. The molecule has 1 aromatic heterocycles. The zero-order valence-electron chi connectivity index (χ0n) is 13.9. The van der Waals surface area contributed by atoms with Crippen LogP contribution in [0.15, 0.2) is 23.6 Å². The van der Waals surface area contributed by atoms with E-state index in [0.29, 0.717) is 16.4 Å². The summed E-state index contributed by atoms with van der Waals surface area (Å²) in [6.45, 7) is 3.82. The number of thiazole rings is 1. The predicted octanol–water partition coefficient (Wildman–Crippen LogP) is 4.78. The van der Waals surface area contributed by atoms with Crippen LogP contribution >= 0.6 is 11.3 Å². The molecule has 0 bridgehead atoms. The molecule has 0 atom stereocenters. The number of carbonyl (C=O) groups is 2. The maximum atomic E-state index is 12.8. The van der Waals surface area contributed by atoms with E-state index in [1.807, 2.05) is 31.4 Å². The van der Waals surface area contributed by atoms with Gasteiger partial charge in [0.15, 0.2) is 10.9 Å². The van der Waals surface area contributed by atoms with E-state index in [-0.39, 0.29) is 17.7 Å². The standard InChI is InChI=1S/C18H21N3O2S/c1-11-7-8-15(14(9-11)16(22)13-5-3-4-6-13)20-17(23)21-18-19-12(2)10-24-18/h7-10,13H,3-6H2,1-2H3,(H2,19,20,21,23). The van der Waals surface area contributed by atoms with Gasteiger partial charge in [-0.2, -0.15) is 0 Å². The highest BCUT2D eigenvalue weighted by atomic mass is 32.1. The van der Waals surface area contributed by atoms with Crippen LogP contribution in [0, 0.1) is 19.8 Å². The van der Waals surface area contributed by atoms with Gasteiger partial charge in [-0.05, 0) is 38.8 Å². The van der Waals surface area contributed by atoms with Gasteiger partial charge in [0.1, 0.15) is 0 Å². The van der Waals surface area contributed by atoms with Crippen LogP contribution in [0.1, 0.15) is 47.3 Å². The molecule has 1 fully saturated rings. The summed E-state index contributed by atoms with van der Waals surface area (Å²) in [5, 5.41) is 7.92. The number of aryl methyl sites for hydroxylation is 2. The minimum Gasteiger partial charge on any atom is -0.307 e. The molecule has 1 aliphatic carbocycles. The molecule has 1 saturated carbocycles. The van der Waals surface area contributed by atoms with E-state index in [2.05, 4.69) is 15.6 Å². The molecule has 0 saturated heterocycles. The number of nitrogens with one attached hydrogen (secondary N) is 2. The minimum absolute atomic E-state index is 0.0806. The van der Waals surface area contributed by atoms with Crippen molar-refractivity contribution in [3.63, 3.8) is 0 Å². The van der Waals surface area contributed by atoms with Gasteiger partial charge in [0, 0.05) is 16.9 Å². The summed E-state index contributed by atoms with van der Waals surface area (Å²) in [6.07, 6.45) is 4.09. The number of urea groups is 1. The van der Waals surface area contributed by atoms with Gasteiger partial charge in [-0.3, -0.25) is 10.1 Å². The second kappa shape index (κ2) is 7.13. The Morgan fingerprint density at radius 3 is 2.58 bits per heavy atom. The number of ketones is 1. The Balaban J connectivity index is 1.77. The molecule has 5 nitrogen and oxygen atoms in total. The predicted molar refractivity (Wildman–Crippen MR) is 97.0 cm³/mol. The third-order valence-corrected chi connectivity index (χ3v) is 5.13. The van der Waals surface area contributed by atoms with Crippen molar-refractivity contribution in [3.8, 4) is 0 Å². The van der Waals surface area contributed by atoms with Crippen LogP contribution < -0.4 is 10.6 Å². The van der Waals surface area contributed by atoms with Crippen LogP contribution in [0.5, 0.6) is 0 Å². The highest BCUT2D eigenvalue weighted by Crippen LogP contribution is 2.31. The van der Waals surface area contributed by atoms with Gasteiger partial charge in [-0.1, -0.05) is 24.5 Å². The lowest BCUT2D eigenvalue weighted by molar-refractivity contribution is 0.0923. The monoisotopic (exact) mass is 343 g/mol. The first-order valence-electron chi connectivity index (χ1n) is 8.18. The topological polar surface area (TPSA) is 71.1 Å². The first-order valence-corrected chi connectivity index (χ1v) is 9.06. The quantitative estimate of drug-likeness (QED) is 0.785. The van der Waals surface area contributed by atoms with Crippen LogP contribution in [0.4, 0.5) is 15.6 Å². The lowest BCUT2D eigenvalue weighted by Crippen LogP contribution is -2.22. The Morgan fingerprint density at radius 1 is 1.17 bits per heavy atom. The van der Waals surface area contributed by atoms with E-state index in [1.54, 1.807) is 6.07 Å². The molecule has 3 rings (SSSR count). The van der Waals surface area contributed by atoms with E-state index in [4.69, 9.17) is 0 Å². The largest absolute Gasteiger partial charge is 0.325 e. The van der Waals surface area contributed by atoms with Crippen molar-refractivity contribution in [3.05, 3.63) is 40.4 Å². The molecule has 2 N–H and O–H groups in total. The number of nitrogens with zero attached hydrogens (tertiary/aromatic N) is 1. The van der Waals surface area contributed by atoms with Gasteiger partial charge >= 0.3 is 6.03 Å². The molecule has 2 amide bonds. The fraction of sp³-hybridized carbons (Fsp3) is 0.389. The van der Waals surface area contributed by atoms with E-state index in [1.165, 1.54) is 11.3 Å². The Morgan fingerprint density at radius 2 is 1.92 bits per heavy atom. The Bertz CT molecular complexity index is 763. The summed E-state index contributed by atoms with van der Waals surface area (Å²) >= 11 is 1.37. The third kappa shape index (κ3) is 3.82. The summed E-state index contributed by atoms with van der Waals surface area (Å²) < 4.78 is 0. The molecule has 126 valence electrons. The summed E-state index contributed by atoms with van der Waals surface area (Å²) in [6, 6.07) is 5.18.